The normalized spacial score (nSPS) is 17.9. The van der Waals surface area contributed by atoms with Crippen molar-refractivity contribution in [2.45, 2.75) is 90.1 Å². The van der Waals surface area contributed by atoms with Crippen LogP contribution in [0.15, 0.2) is 42.5 Å². The van der Waals surface area contributed by atoms with Crippen molar-refractivity contribution in [3.8, 4) is 34.1 Å². The highest BCUT2D eigenvalue weighted by atomic mass is 16.5. The smallest absolute Gasteiger partial charge is 0.184 e. The summed E-state index contributed by atoms with van der Waals surface area (Å²) in [5.41, 5.74) is 14.0. The minimum Gasteiger partial charge on any atom is -0.507 e. The van der Waals surface area contributed by atoms with Gasteiger partial charge in [0.1, 0.15) is 18.1 Å². The molecule has 1 saturated heterocycles. The van der Waals surface area contributed by atoms with E-state index in [1.54, 1.807) is 14.2 Å². The van der Waals surface area contributed by atoms with Crippen molar-refractivity contribution in [3.05, 3.63) is 64.7 Å². The first kappa shape index (κ1) is 30.1. The predicted molar refractivity (Wildman–Crippen MR) is 171 cm³/mol. The van der Waals surface area contributed by atoms with Gasteiger partial charge in [0, 0.05) is 29.6 Å². The molecule has 3 N–H and O–H groups in total. The van der Waals surface area contributed by atoms with Gasteiger partial charge in [-0.05, 0) is 125 Å². The summed E-state index contributed by atoms with van der Waals surface area (Å²) in [5.74, 6) is 2.21. The number of aromatic hydroxyl groups is 1. The lowest BCUT2D eigenvalue weighted by atomic mass is 9.80. The molecule has 1 heterocycles. The van der Waals surface area contributed by atoms with Crippen LogP contribution >= 0.6 is 0 Å². The van der Waals surface area contributed by atoms with Crippen molar-refractivity contribution in [3.63, 3.8) is 0 Å². The SMILES string of the molecule is COc1cc(-c2c(O)ccc3c2CCCC3)c(Cc2ccc(OCCN3C(C)(C)CCCC3(C)C)cc2)c(N)c1OC. The molecule has 0 saturated carbocycles. The maximum Gasteiger partial charge on any atom is 0.184 e. The van der Waals surface area contributed by atoms with Crippen LogP contribution in [-0.4, -0.2) is 48.5 Å². The van der Waals surface area contributed by atoms with E-state index < -0.39 is 0 Å². The van der Waals surface area contributed by atoms with Crippen molar-refractivity contribution in [1.29, 1.82) is 0 Å². The summed E-state index contributed by atoms with van der Waals surface area (Å²) in [6.45, 7) is 10.9. The van der Waals surface area contributed by atoms with E-state index in [1.165, 1.54) is 36.8 Å². The molecule has 42 heavy (non-hydrogen) atoms. The number of benzene rings is 3. The second kappa shape index (κ2) is 12.1. The zero-order chi connectivity index (χ0) is 30.1. The molecule has 5 rings (SSSR count). The zero-order valence-corrected chi connectivity index (χ0v) is 26.3. The summed E-state index contributed by atoms with van der Waals surface area (Å²) >= 11 is 0. The summed E-state index contributed by atoms with van der Waals surface area (Å²) in [5, 5.41) is 11.1. The molecule has 6 nitrogen and oxygen atoms in total. The molecule has 0 aromatic heterocycles. The Morgan fingerprint density at radius 3 is 2.24 bits per heavy atom. The van der Waals surface area contributed by atoms with Crippen LogP contribution in [0.2, 0.25) is 0 Å². The van der Waals surface area contributed by atoms with Gasteiger partial charge >= 0.3 is 0 Å². The van der Waals surface area contributed by atoms with Gasteiger partial charge in [-0.2, -0.15) is 0 Å². The molecule has 0 amide bonds. The molecular formula is C36H48N2O4. The molecule has 3 aromatic carbocycles. The number of nitrogens with two attached hydrogens (primary N) is 1. The van der Waals surface area contributed by atoms with E-state index >= 15 is 0 Å². The number of ether oxygens (including phenoxy) is 3. The first-order chi connectivity index (χ1) is 20.1. The number of phenols is 1. The van der Waals surface area contributed by atoms with E-state index in [2.05, 4.69) is 50.8 Å². The molecule has 1 fully saturated rings. The fourth-order valence-corrected chi connectivity index (χ4v) is 7.40. The Kier molecular flexibility index (Phi) is 8.66. The average molecular weight is 573 g/mol. The van der Waals surface area contributed by atoms with Gasteiger partial charge in [0.25, 0.3) is 0 Å². The number of aryl methyl sites for hydroxylation is 1. The van der Waals surface area contributed by atoms with Gasteiger partial charge in [-0.3, -0.25) is 4.90 Å². The third-order valence-corrected chi connectivity index (χ3v) is 9.52. The quantitative estimate of drug-likeness (QED) is 0.258. The Balaban J connectivity index is 1.40. The van der Waals surface area contributed by atoms with Crippen molar-refractivity contribution >= 4 is 5.69 Å². The van der Waals surface area contributed by atoms with Gasteiger partial charge in [-0.15, -0.1) is 0 Å². The minimum absolute atomic E-state index is 0.179. The third-order valence-electron chi connectivity index (χ3n) is 9.52. The fraction of sp³-hybridized carbons (Fsp3) is 0.500. The summed E-state index contributed by atoms with van der Waals surface area (Å²) < 4.78 is 17.6. The van der Waals surface area contributed by atoms with E-state index in [4.69, 9.17) is 19.9 Å². The van der Waals surface area contributed by atoms with Gasteiger partial charge in [0.15, 0.2) is 11.5 Å². The number of hydrogen-bond acceptors (Lipinski definition) is 6. The highest BCUT2D eigenvalue weighted by Crippen LogP contribution is 2.47. The highest BCUT2D eigenvalue weighted by Gasteiger charge is 2.40. The molecule has 0 radical (unpaired) electrons. The molecule has 1 aliphatic carbocycles. The lowest BCUT2D eigenvalue weighted by Gasteiger charge is -2.53. The number of anilines is 1. The summed E-state index contributed by atoms with van der Waals surface area (Å²) in [7, 11) is 3.23. The van der Waals surface area contributed by atoms with Gasteiger partial charge in [0.2, 0.25) is 0 Å². The molecule has 0 atom stereocenters. The van der Waals surface area contributed by atoms with Crippen LogP contribution in [0.5, 0.6) is 23.0 Å². The van der Waals surface area contributed by atoms with Gasteiger partial charge in [-0.25, -0.2) is 0 Å². The van der Waals surface area contributed by atoms with Crippen LogP contribution in [0, 0.1) is 0 Å². The number of phenolic OH excluding ortho intramolecular Hbond substituents is 1. The minimum atomic E-state index is 0.179. The molecule has 1 aliphatic heterocycles. The maximum atomic E-state index is 11.1. The Morgan fingerprint density at radius 1 is 0.881 bits per heavy atom. The topological polar surface area (TPSA) is 77.2 Å². The van der Waals surface area contributed by atoms with E-state index in [0.717, 1.165) is 53.8 Å². The lowest BCUT2D eigenvalue weighted by Crippen LogP contribution is -2.59. The summed E-state index contributed by atoms with van der Waals surface area (Å²) in [6.07, 6.45) is 8.53. The Bertz CT molecular complexity index is 1400. The molecule has 0 bridgehead atoms. The van der Waals surface area contributed by atoms with Crippen molar-refractivity contribution in [2.75, 3.05) is 33.1 Å². The Morgan fingerprint density at radius 2 is 1.57 bits per heavy atom. The molecule has 3 aromatic rings. The van der Waals surface area contributed by atoms with Crippen LogP contribution in [0.25, 0.3) is 11.1 Å². The van der Waals surface area contributed by atoms with Gasteiger partial charge in [-0.1, -0.05) is 18.2 Å². The maximum absolute atomic E-state index is 11.1. The van der Waals surface area contributed by atoms with E-state index in [0.29, 0.717) is 30.2 Å². The number of hydrogen-bond donors (Lipinski definition) is 2. The van der Waals surface area contributed by atoms with E-state index in [9.17, 15) is 5.11 Å². The van der Waals surface area contributed by atoms with Crippen LogP contribution in [-0.2, 0) is 19.3 Å². The molecule has 0 unspecified atom stereocenters. The van der Waals surface area contributed by atoms with Crippen LogP contribution in [0.3, 0.4) is 0 Å². The Hall–Kier alpha value is -3.38. The van der Waals surface area contributed by atoms with Crippen LogP contribution in [0.4, 0.5) is 5.69 Å². The van der Waals surface area contributed by atoms with Gasteiger partial charge < -0.3 is 25.1 Å². The van der Waals surface area contributed by atoms with Crippen LogP contribution < -0.4 is 19.9 Å². The van der Waals surface area contributed by atoms with Crippen molar-refractivity contribution < 1.29 is 19.3 Å². The van der Waals surface area contributed by atoms with E-state index in [1.807, 2.05) is 24.3 Å². The predicted octanol–water partition coefficient (Wildman–Crippen LogP) is 7.55. The molecule has 2 aliphatic rings. The first-order valence-electron chi connectivity index (χ1n) is 15.4. The van der Waals surface area contributed by atoms with Crippen molar-refractivity contribution in [2.24, 2.45) is 0 Å². The third kappa shape index (κ3) is 5.92. The molecule has 226 valence electrons. The summed E-state index contributed by atoms with van der Waals surface area (Å²) in [4.78, 5) is 2.61. The standard InChI is InChI=1S/C36H48N2O4/c1-35(2)18-9-19-36(3,4)38(35)20-21-42-26-15-12-24(13-16-26)22-29-28(23-31(40-5)34(41-6)33(29)37)32-27-11-8-7-10-25(27)14-17-30(32)39/h12-17,23,39H,7-11,18-22,37H2,1-6H3. The average Bonchev–Trinajstić information content (AvgIpc) is 2.96. The second-order valence-electron chi connectivity index (χ2n) is 13.2. The lowest BCUT2D eigenvalue weighted by molar-refractivity contribution is -0.0340. The van der Waals surface area contributed by atoms with Crippen molar-refractivity contribution in [1.82, 2.24) is 4.90 Å². The number of methoxy groups -OCH3 is 2. The first-order valence-corrected chi connectivity index (χ1v) is 15.4. The molecule has 0 spiro atoms. The number of rotatable bonds is 9. The zero-order valence-electron chi connectivity index (χ0n) is 26.3. The van der Waals surface area contributed by atoms with Gasteiger partial charge in [0.05, 0.1) is 19.9 Å². The largest absolute Gasteiger partial charge is 0.507 e. The highest BCUT2D eigenvalue weighted by molar-refractivity contribution is 5.85. The number of fused-ring (bicyclic) bond motifs is 1. The number of piperidine rings is 1. The molecule has 6 heteroatoms. The monoisotopic (exact) mass is 572 g/mol. The number of likely N-dealkylation sites (tertiary alicyclic amines) is 1. The number of nitrogens with zero attached hydrogens (tertiary/aromatic N) is 1. The second-order valence-corrected chi connectivity index (χ2v) is 13.2. The fourth-order valence-electron chi connectivity index (χ4n) is 7.40. The summed E-state index contributed by atoms with van der Waals surface area (Å²) in [6, 6.07) is 14.1. The number of nitrogen functional groups attached to an aromatic ring is 1. The molecular weight excluding hydrogens is 524 g/mol. The van der Waals surface area contributed by atoms with E-state index in [-0.39, 0.29) is 16.8 Å². The Labute approximate surface area is 251 Å². The van der Waals surface area contributed by atoms with Crippen LogP contribution in [0.1, 0.15) is 82.1 Å².